The zero-order valence-corrected chi connectivity index (χ0v) is 9.95. The Morgan fingerprint density at radius 2 is 2.14 bits per heavy atom. The second-order valence-electron chi connectivity index (χ2n) is 3.65. The van der Waals surface area contributed by atoms with Crippen molar-refractivity contribution in [2.24, 2.45) is 0 Å². The highest BCUT2D eigenvalue weighted by Crippen LogP contribution is 2.18. The van der Waals surface area contributed by atoms with Crippen molar-refractivity contribution < 1.29 is 0 Å². The molecule has 1 heterocycles. The molecule has 0 aromatic carbocycles. The third-order valence-corrected chi connectivity index (χ3v) is 2.57. The number of aromatic nitrogens is 4. The predicted octanol–water partition coefficient (Wildman–Crippen LogP) is 0.735. The third kappa shape index (κ3) is 3.63. The van der Waals surface area contributed by atoms with Gasteiger partial charge in [-0.3, -0.25) is 0 Å². The van der Waals surface area contributed by atoms with Gasteiger partial charge in [0.05, 0.1) is 6.54 Å². The lowest BCUT2D eigenvalue weighted by Crippen LogP contribution is -2.19. The first-order valence-corrected chi connectivity index (χ1v) is 5.55. The SMILES string of the molecule is CC(C)Sc1nnnn1CCN(C)C. The smallest absolute Gasteiger partial charge is 0.209 e. The van der Waals surface area contributed by atoms with E-state index in [4.69, 9.17) is 0 Å². The lowest BCUT2D eigenvalue weighted by molar-refractivity contribution is 0.361. The summed E-state index contributed by atoms with van der Waals surface area (Å²) in [5, 5.41) is 13.0. The van der Waals surface area contributed by atoms with Gasteiger partial charge in [0.2, 0.25) is 5.16 Å². The molecule has 0 saturated carbocycles. The van der Waals surface area contributed by atoms with Crippen LogP contribution in [0, 0.1) is 0 Å². The van der Waals surface area contributed by atoms with Gasteiger partial charge >= 0.3 is 0 Å². The lowest BCUT2D eigenvalue weighted by Gasteiger charge is -2.10. The molecule has 5 nitrogen and oxygen atoms in total. The van der Waals surface area contributed by atoms with Crippen LogP contribution in [0.5, 0.6) is 0 Å². The fraction of sp³-hybridized carbons (Fsp3) is 0.875. The number of likely N-dealkylation sites (N-methyl/N-ethyl adjacent to an activating group) is 1. The van der Waals surface area contributed by atoms with Crippen molar-refractivity contribution in [1.29, 1.82) is 0 Å². The van der Waals surface area contributed by atoms with Crippen LogP contribution >= 0.6 is 11.8 Å². The van der Waals surface area contributed by atoms with Crippen LogP contribution < -0.4 is 0 Å². The molecule has 6 heteroatoms. The third-order valence-electron chi connectivity index (χ3n) is 1.60. The number of rotatable bonds is 5. The van der Waals surface area contributed by atoms with Gasteiger partial charge in [0.15, 0.2) is 0 Å². The van der Waals surface area contributed by atoms with Gasteiger partial charge in [-0.1, -0.05) is 25.6 Å². The van der Waals surface area contributed by atoms with Crippen LogP contribution in [0.1, 0.15) is 13.8 Å². The molecule has 0 N–H and O–H groups in total. The second-order valence-corrected chi connectivity index (χ2v) is 5.20. The highest BCUT2D eigenvalue weighted by atomic mass is 32.2. The molecule has 0 aliphatic carbocycles. The highest BCUT2D eigenvalue weighted by Gasteiger charge is 2.08. The zero-order valence-electron chi connectivity index (χ0n) is 9.14. The quantitative estimate of drug-likeness (QED) is 0.678. The molecule has 14 heavy (non-hydrogen) atoms. The second kappa shape index (κ2) is 5.31. The predicted molar refractivity (Wildman–Crippen MR) is 57.4 cm³/mol. The Hall–Kier alpha value is -0.620. The van der Waals surface area contributed by atoms with E-state index in [-0.39, 0.29) is 0 Å². The summed E-state index contributed by atoms with van der Waals surface area (Å²) in [6.07, 6.45) is 0. The Bertz CT molecular complexity index is 270. The molecule has 0 amide bonds. The number of tetrazole rings is 1. The Labute approximate surface area is 88.9 Å². The molecule has 0 spiro atoms. The van der Waals surface area contributed by atoms with E-state index in [1.807, 2.05) is 18.8 Å². The fourth-order valence-corrected chi connectivity index (χ4v) is 1.68. The first kappa shape index (κ1) is 11.5. The summed E-state index contributed by atoms with van der Waals surface area (Å²) >= 11 is 1.69. The van der Waals surface area contributed by atoms with Crippen LogP contribution in [0.2, 0.25) is 0 Å². The summed E-state index contributed by atoms with van der Waals surface area (Å²) in [6, 6.07) is 0. The van der Waals surface area contributed by atoms with Gasteiger partial charge in [0, 0.05) is 11.8 Å². The molecule has 0 aliphatic rings. The summed E-state index contributed by atoms with van der Waals surface area (Å²) in [5.41, 5.74) is 0. The molecular formula is C8H17N5S. The topological polar surface area (TPSA) is 46.8 Å². The summed E-state index contributed by atoms with van der Waals surface area (Å²) in [6.45, 7) is 6.07. The summed E-state index contributed by atoms with van der Waals surface area (Å²) in [5.74, 6) is 0. The van der Waals surface area contributed by atoms with Gasteiger partial charge in [0.25, 0.3) is 0 Å². The van der Waals surface area contributed by atoms with E-state index in [0.717, 1.165) is 18.2 Å². The van der Waals surface area contributed by atoms with Crippen LogP contribution in [-0.4, -0.2) is 51.0 Å². The van der Waals surface area contributed by atoms with Crippen molar-refractivity contribution >= 4 is 11.8 Å². The Morgan fingerprint density at radius 3 is 2.71 bits per heavy atom. The molecule has 0 saturated heterocycles. The van der Waals surface area contributed by atoms with Gasteiger partial charge in [-0.15, -0.1) is 5.10 Å². The number of thioether (sulfide) groups is 1. The number of nitrogens with zero attached hydrogens (tertiary/aromatic N) is 5. The molecule has 0 unspecified atom stereocenters. The average molecular weight is 215 g/mol. The van der Waals surface area contributed by atoms with Crippen molar-refractivity contribution in [2.45, 2.75) is 30.8 Å². The maximum Gasteiger partial charge on any atom is 0.209 e. The van der Waals surface area contributed by atoms with Crippen LogP contribution in [0.25, 0.3) is 0 Å². The summed E-state index contributed by atoms with van der Waals surface area (Å²) in [4.78, 5) is 2.12. The van der Waals surface area contributed by atoms with Crippen molar-refractivity contribution in [3.05, 3.63) is 0 Å². The molecule has 0 fully saturated rings. The van der Waals surface area contributed by atoms with E-state index in [1.54, 1.807) is 11.8 Å². The summed E-state index contributed by atoms with van der Waals surface area (Å²) in [7, 11) is 4.08. The van der Waals surface area contributed by atoms with Crippen LogP contribution in [0.4, 0.5) is 0 Å². The number of hydrogen-bond acceptors (Lipinski definition) is 5. The molecule has 80 valence electrons. The first-order valence-electron chi connectivity index (χ1n) is 4.67. The first-order chi connectivity index (χ1) is 6.59. The van der Waals surface area contributed by atoms with E-state index < -0.39 is 0 Å². The van der Waals surface area contributed by atoms with Gasteiger partial charge in [-0.2, -0.15) is 0 Å². The Morgan fingerprint density at radius 1 is 1.43 bits per heavy atom. The molecular weight excluding hydrogens is 198 g/mol. The Balaban J connectivity index is 2.53. The van der Waals surface area contributed by atoms with E-state index in [1.165, 1.54) is 0 Å². The van der Waals surface area contributed by atoms with Crippen molar-refractivity contribution in [1.82, 2.24) is 25.1 Å². The van der Waals surface area contributed by atoms with Gasteiger partial charge in [-0.25, -0.2) is 4.68 Å². The maximum atomic E-state index is 3.98. The van der Waals surface area contributed by atoms with Gasteiger partial charge in [0.1, 0.15) is 0 Å². The Kier molecular flexibility index (Phi) is 4.34. The van der Waals surface area contributed by atoms with Crippen LogP contribution in [0.15, 0.2) is 5.16 Å². The van der Waals surface area contributed by atoms with E-state index in [2.05, 4.69) is 34.3 Å². The van der Waals surface area contributed by atoms with Crippen molar-refractivity contribution in [3.63, 3.8) is 0 Å². The molecule has 0 atom stereocenters. The van der Waals surface area contributed by atoms with E-state index in [9.17, 15) is 0 Å². The maximum absolute atomic E-state index is 3.98. The fourth-order valence-electron chi connectivity index (χ4n) is 0.927. The molecule has 0 aliphatic heterocycles. The molecule has 1 rings (SSSR count). The standard InChI is InChI=1S/C8H17N5S/c1-7(2)14-8-9-10-11-13(8)6-5-12(3)4/h7H,5-6H2,1-4H3. The summed E-state index contributed by atoms with van der Waals surface area (Å²) < 4.78 is 1.85. The van der Waals surface area contributed by atoms with Crippen LogP contribution in [-0.2, 0) is 6.54 Å². The van der Waals surface area contributed by atoms with Crippen molar-refractivity contribution in [3.8, 4) is 0 Å². The normalized spacial score (nSPS) is 11.6. The molecule has 0 radical (unpaired) electrons. The minimum Gasteiger partial charge on any atom is -0.308 e. The van der Waals surface area contributed by atoms with E-state index >= 15 is 0 Å². The molecule has 0 bridgehead atoms. The lowest BCUT2D eigenvalue weighted by atomic mass is 10.6. The van der Waals surface area contributed by atoms with E-state index in [0.29, 0.717) is 5.25 Å². The van der Waals surface area contributed by atoms with Crippen molar-refractivity contribution in [2.75, 3.05) is 20.6 Å². The minimum absolute atomic E-state index is 0.513. The van der Waals surface area contributed by atoms with Crippen LogP contribution in [0.3, 0.4) is 0 Å². The zero-order chi connectivity index (χ0) is 10.6. The van der Waals surface area contributed by atoms with Gasteiger partial charge < -0.3 is 4.90 Å². The number of hydrogen-bond donors (Lipinski definition) is 0. The largest absolute Gasteiger partial charge is 0.308 e. The van der Waals surface area contributed by atoms with Gasteiger partial charge in [-0.05, 0) is 24.5 Å². The minimum atomic E-state index is 0.513. The monoisotopic (exact) mass is 215 g/mol. The highest BCUT2D eigenvalue weighted by molar-refractivity contribution is 7.99. The molecule has 1 aromatic rings. The molecule has 1 aromatic heterocycles. The average Bonchev–Trinajstić information content (AvgIpc) is 2.47.